The van der Waals surface area contributed by atoms with E-state index in [2.05, 4.69) is 48.6 Å². The number of hydrogen-bond acceptors (Lipinski definition) is 3. The molecular formula is C22H27N3O2. The molecule has 5 heteroatoms. The molecule has 1 aromatic carbocycles. The zero-order valence-corrected chi connectivity index (χ0v) is 16.9. The van der Waals surface area contributed by atoms with E-state index in [9.17, 15) is 9.59 Å². The molecule has 1 aromatic heterocycles. The van der Waals surface area contributed by atoms with Crippen LogP contribution in [-0.2, 0) is 5.41 Å². The Morgan fingerprint density at radius 2 is 1.96 bits per heavy atom. The number of hydrogen-bond donors (Lipinski definition) is 1. The maximum Gasteiger partial charge on any atom is 0.281 e. The van der Waals surface area contributed by atoms with Gasteiger partial charge in [0.25, 0.3) is 11.5 Å². The van der Waals surface area contributed by atoms with Gasteiger partial charge in [-0.15, -0.1) is 0 Å². The molecule has 0 unspecified atom stereocenters. The van der Waals surface area contributed by atoms with Crippen LogP contribution in [0, 0.1) is 12.8 Å². The van der Waals surface area contributed by atoms with Crippen molar-refractivity contribution in [1.82, 2.24) is 9.78 Å². The number of aryl methyl sites for hydroxylation is 1. The second kappa shape index (κ2) is 6.75. The summed E-state index contributed by atoms with van der Waals surface area (Å²) < 4.78 is 1.10. The second-order valence-electron chi connectivity index (χ2n) is 7.81. The van der Waals surface area contributed by atoms with Gasteiger partial charge in [0, 0.05) is 29.3 Å². The molecular weight excluding hydrogens is 338 g/mol. The maximum atomic E-state index is 12.7. The molecule has 2 heterocycles. The molecule has 1 aliphatic rings. The Kier molecular flexibility index (Phi) is 4.75. The van der Waals surface area contributed by atoms with Crippen molar-refractivity contribution >= 4 is 17.7 Å². The minimum absolute atomic E-state index is 0.208. The Morgan fingerprint density at radius 1 is 1.30 bits per heavy atom. The van der Waals surface area contributed by atoms with Crippen molar-refractivity contribution < 1.29 is 4.79 Å². The molecule has 0 amide bonds. The topological polar surface area (TPSA) is 58.1 Å². The van der Waals surface area contributed by atoms with Gasteiger partial charge in [0.1, 0.15) is 0 Å². The summed E-state index contributed by atoms with van der Waals surface area (Å²) in [5, 5.41) is 2.89. The van der Waals surface area contributed by atoms with E-state index in [0.717, 1.165) is 16.9 Å². The third-order valence-electron chi connectivity index (χ3n) is 5.23. The summed E-state index contributed by atoms with van der Waals surface area (Å²) in [6, 6.07) is 8.35. The molecule has 0 radical (unpaired) electrons. The van der Waals surface area contributed by atoms with Crippen molar-refractivity contribution in [3.8, 4) is 0 Å². The molecule has 0 spiro atoms. The summed E-state index contributed by atoms with van der Waals surface area (Å²) in [6.07, 6.45) is 1.71. The van der Waals surface area contributed by atoms with Gasteiger partial charge in [0.05, 0.1) is 11.3 Å². The van der Waals surface area contributed by atoms with Crippen LogP contribution in [0.3, 0.4) is 0 Å². The van der Waals surface area contributed by atoms with E-state index in [1.54, 1.807) is 26.8 Å². The molecule has 27 heavy (non-hydrogen) atoms. The summed E-state index contributed by atoms with van der Waals surface area (Å²) in [5.41, 5.74) is 7.43. The van der Waals surface area contributed by atoms with Gasteiger partial charge in [-0.1, -0.05) is 37.8 Å². The van der Waals surface area contributed by atoms with Crippen LogP contribution >= 0.6 is 0 Å². The number of benzene rings is 1. The number of aromatic nitrogens is 2. The molecule has 1 aliphatic heterocycles. The lowest BCUT2D eigenvalue weighted by atomic mass is 9.84. The lowest BCUT2D eigenvalue weighted by molar-refractivity contribution is 0.0834. The number of anilines is 1. The van der Waals surface area contributed by atoms with Gasteiger partial charge >= 0.3 is 0 Å². The van der Waals surface area contributed by atoms with Gasteiger partial charge in [-0.3, -0.25) is 14.7 Å². The zero-order chi connectivity index (χ0) is 19.9. The van der Waals surface area contributed by atoms with Crippen LogP contribution in [0.4, 0.5) is 5.69 Å². The predicted octanol–water partition coefficient (Wildman–Crippen LogP) is 4.09. The highest BCUT2D eigenvalue weighted by atomic mass is 16.2. The average Bonchev–Trinajstić information content (AvgIpc) is 3.03. The quantitative estimate of drug-likeness (QED) is 0.833. The molecule has 0 atom stereocenters. The van der Waals surface area contributed by atoms with E-state index in [-0.39, 0.29) is 22.8 Å². The van der Waals surface area contributed by atoms with Crippen molar-refractivity contribution in [1.29, 1.82) is 0 Å². The molecule has 2 aromatic rings. The van der Waals surface area contributed by atoms with Gasteiger partial charge in [-0.25, -0.2) is 0 Å². The molecule has 0 aliphatic carbocycles. The standard InChI is InChI=1S/C22H27N3O2/c1-7-24-18-11-9-8-10-17(18)22(5,6)19(24)13-12-16-15(4)23-25(21(16)27)20(26)14(2)3/h8-12,14,23H,7H2,1-6H3. The number of fused-ring (bicyclic) bond motifs is 1. The predicted molar refractivity (Wildman–Crippen MR) is 109 cm³/mol. The first-order valence-corrected chi connectivity index (χ1v) is 9.40. The second-order valence-corrected chi connectivity index (χ2v) is 7.81. The number of carbonyl (C=O) groups excluding carboxylic acids is 1. The van der Waals surface area contributed by atoms with Gasteiger partial charge in [-0.05, 0) is 45.4 Å². The fourth-order valence-corrected chi connectivity index (χ4v) is 3.69. The van der Waals surface area contributed by atoms with Crippen LogP contribution in [0.5, 0.6) is 0 Å². The Balaban J connectivity index is 2.14. The zero-order valence-electron chi connectivity index (χ0n) is 16.9. The fourth-order valence-electron chi connectivity index (χ4n) is 3.69. The minimum Gasteiger partial charge on any atom is -0.338 e. The summed E-state index contributed by atoms with van der Waals surface area (Å²) in [5.74, 6) is -0.492. The van der Waals surface area contributed by atoms with E-state index in [1.165, 1.54) is 11.3 Å². The summed E-state index contributed by atoms with van der Waals surface area (Å²) >= 11 is 0. The third kappa shape index (κ3) is 2.98. The largest absolute Gasteiger partial charge is 0.338 e. The van der Waals surface area contributed by atoms with Crippen molar-refractivity contribution in [3.05, 3.63) is 62.9 Å². The number of allylic oxidation sites excluding steroid dienone is 1. The van der Waals surface area contributed by atoms with Crippen LogP contribution in [0.1, 0.15) is 56.2 Å². The third-order valence-corrected chi connectivity index (χ3v) is 5.23. The summed E-state index contributed by atoms with van der Waals surface area (Å²) in [6.45, 7) is 12.6. The molecule has 0 fully saturated rings. The number of aromatic amines is 1. The maximum absolute atomic E-state index is 12.7. The molecule has 0 bridgehead atoms. The van der Waals surface area contributed by atoms with Gasteiger partial charge in [0.15, 0.2) is 0 Å². The lowest BCUT2D eigenvalue weighted by Gasteiger charge is -2.23. The lowest BCUT2D eigenvalue weighted by Crippen LogP contribution is -2.28. The average molecular weight is 365 g/mol. The first kappa shape index (κ1) is 19.0. The Hall–Kier alpha value is -2.78. The molecule has 142 valence electrons. The summed E-state index contributed by atoms with van der Waals surface area (Å²) in [4.78, 5) is 27.1. The number of H-pyrrole nitrogens is 1. The van der Waals surface area contributed by atoms with Crippen molar-refractivity contribution in [2.45, 2.75) is 47.0 Å². The van der Waals surface area contributed by atoms with Crippen LogP contribution in [0.25, 0.3) is 6.08 Å². The number of nitrogens with zero attached hydrogens (tertiary/aromatic N) is 2. The highest BCUT2D eigenvalue weighted by Gasteiger charge is 2.39. The van der Waals surface area contributed by atoms with Gasteiger partial charge in [-0.2, -0.15) is 4.68 Å². The first-order valence-electron chi connectivity index (χ1n) is 9.40. The normalized spacial score (nSPS) is 15.1. The van der Waals surface area contributed by atoms with E-state index in [4.69, 9.17) is 0 Å². The molecule has 0 saturated carbocycles. The van der Waals surface area contributed by atoms with Crippen LogP contribution in [0.2, 0.25) is 0 Å². The van der Waals surface area contributed by atoms with Crippen molar-refractivity contribution in [2.24, 2.45) is 5.92 Å². The minimum atomic E-state index is -0.323. The highest BCUT2D eigenvalue weighted by Crippen LogP contribution is 2.46. The van der Waals surface area contributed by atoms with Crippen LogP contribution < -0.4 is 10.5 Å². The van der Waals surface area contributed by atoms with Crippen molar-refractivity contribution in [3.63, 3.8) is 0 Å². The van der Waals surface area contributed by atoms with Crippen LogP contribution in [0.15, 0.2) is 40.5 Å². The SMILES string of the molecule is CCN1C(=C=Cc2c(C)[nH]n(C(=O)C(C)C)c2=O)C(C)(C)c2ccccc21. The van der Waals surface area contributed by atoms with E-state index >= 15 is 0 Å². The number of nitrogens with one attached hydrogen (secondary N) is 1. The molecule has 0 saturated heterocycles. The smallest absolute Gasteiger partial charge is 0.281 e. The number of likely N-dealkylation sites (N-methyl/N-ethyl adjacent to an activating group) is 1. The molecule has 3 rings (SSSR count). The fraction of sp³-hybridized carbons (Fsp3) is 0.409. The number of rotatable bonds is 3. The highest BCUT2D eigenvalue weighted by molar-refractivity contribution is 5.80. The van der Waals surface area contributed by atoms with Gasteiger partial charge < -0.3 is 4.90 Å². The number of carbonyl (C=O) groups is 1. The van der Waals surface area contributed by atoms with Crippen LogP contribution in [-0.4, -0.2) is 22.2 Å². The number of para-hydroxylation sites is 1. The van der Waals surface area contributed by atoms with E-state index in [0.29, 0.717) is 11.3 Å². The molecule has 1 N–H and O–H groups in total. The summed E-state index contributed by atoms with van der Waals surface area (Å²) in [7, 11) is 0. The first-order chi connectivity index (χ1) is 12.7. The Bertz CT molecular complexity index is 1010. The van der Waals surface area contributed by atoms with E-state index < -0.39 is 0 Å². The van der Waals surface area contributed by atoms with Crippen molar-refractivity contribution in [2.75, 3.05) is 11.4 Å². The Morgan fingerprint density at radius 3 is 2.59 bits per heavy atom. The van der Waals surface area contributed by atoms with Gasteiger partial charge in [0.2, 0.25) is 0 Å². The molecule has 5 nitrogen and oxygen atoms in total. The monoisotopic (exact) mass is 365 g/mol. The van der Waals surface area contributed by atoms with E-state index in [1.807, 2.05) is 12.1 Å². The Labute approximate surface area is 160 Å².